The Kier molecular flexibility index (Phi) is 8.54. The maximum absolute atomic E-state index is 13.4. The number of hydrogen-bond acceptors (Lipinski definition) is 13. The Hall–Kier alpha value is -5.83. The number of fused-ring (bicyclic) bond motifs is 2. The third-order valence-electron chi connectivity index (χ3n) is 7.55. The molecule has 4 aromatic heterocycles. The monoisotopic (exact) mass is 711 g/mol. The minimum Gasteiger partial charge on any atom is -0.543 e. The predicted octanol–water partition coefficient (Wildman–Crippen LogP) is -1.70. The number of nitrogens with one attached hydrogen (secondary N) is 1. The fraction of sp³-hybridized carbons (Fsp3) is 0.286. The molecular formula is C28H29N11O8S2. The van der Waals surface area contributed by atoms with Gasteiger partial charge in [-0.05, 0) is 19.4 Å². The highest BCUT2D eigenvalue weighted by Crippen LogP contribution is 2.40. The first kappa shape index (κ1) is 33.1. The molecule has 256 valence electrons. The Morgan fingerprint density at radius 2 is 2.08 bits per heavy atom. The maximum Gasteiger partial charge on any atom is 0.350 e. The number of carbonyl (C=O) groups excluding carboxylic acids is 3. The normalized spacial score (nSPS) is 17.9. The van der Waals surface area contributed by atoms with Gasteiger partial charge >= 0.3 is 11.6 Å². The molecule has 0 aliphatic carbocycles. The first-order chi connectivity index (χ1) is 23.2. The van der Waals surface area contributed by atoms with Gasteiger partial charge in [0.25, 0.3) is 11.8 Å². The van der Waals surface area contributed by atoms with Crippen LogP contribution in [0.1, 0.15) is 25.3 Å². The number of imidazole rings is 1. The molecule has 2 aliphatic heterocycles. The lowest BCUT2D eigenvalue weighted by Gasteiger charge is -2.50. The molecule has 0 spiro atoms. The topological polar surface area (TPSA) is 278 Å². The zero-order valence-corrected chi connectivity index (χ0v) is 27.4. The highest BCUT2D eigenvalue weighted by molar-refractivity contribution is 8.00. The summed E-state index contributed by atoms with van der Waals surface area (Å²) in [6.07, 6.45) is 6.83. The van der Waals surface area contributed by atoms with Gasteiger partial charge in [-0.2, -0.15) is 0 Å². The van der Waals surface area contributed by atoms with Crippen LogP contribution in [0.2, 0.25) is 0 Å². The smallest absolute Gasteiger partial charge is 0.350 e. The van der Waals surface area contributed by atoms with Crippen molar-refractivity contribution in [3.8, 4) is 0 Å². The summed E-state index contributed by atoms with van der Waals surface area (Å²) in [6, 6.07) is 2.42. The molecule has 4 aromatic rings. The molecule has 2 aliphatic rings. The van der Waals surface area contributed by atoms with Gasteiger partial charge in [-0.1, -0.05) is 5.16 Å². The van der Waals surface area contributed by atoms with Gasteiger partial charge in [0.1, 0.15) is 47.6 Å². The number of β-lactam (4-membered cyclic amide) rings is 1. The molecule has 21 heteroatoms. The number of carbonyl (C=O) groups is 4. The van der Waals surface area contributed by atoms with E-state index in [1.165, 1.54) is 37.3 Å². The van der Waals surface area contributed by atoms with E-state index in [1.807, 2.05) is 21.3 Å². The number of rotatable bonds is 12. The Balaban J connectivity index is 1.19. The van der Waals surface area contributed by atoms with Gasteiger partial charge in [0.2, 0.25) is 5.60 Å². The van der Waals surface area contributed by atoms with Crippen molar-refractivity contribution in [3.63, 3.8) is 0 Å². The van der Waals surface area contributed by atoms with Crippen molar-refractivity contribution in [2.24, 2.45) is 21.6 Å². The van der Waals surface area contributed by atoms with E-state index in [0.29, 0.717) is 23.6 Å². The lowest BCUT2D eigenvalue weighted by Crippen LogP contribution is -2.71. The van der Waals surface area contributed by atoms with Crippen molar-refractivity contribution in [1.82, 2.24) is 24.4 Å². The number of aliphatic carboxylic acids is 2. The number of amides is 2. The molecule has 1 fully saturated rings. The summed E-state index contributed by atoms with van der Waals surface area (Å²) in [5, 5.41) is 28.8. The molecule has 0 unspecified atom stereocenters. The highest BCUT2D eigenvalue weighted by Gasteiger charge is 2.53. The molecule has 0 bridgehead atoms. The van der Waals surface area contributed by atoms with Crippen LogP contribution < -0.4 is 32.2 Å². The summed E-state index contributed by atoms with van der Waals surface area (Å²) in [5.41, 5.74) is 15.8. The van der Waals surface area contributed by atoms with E-state index in [4.69, 9.17) is 26.5 Å². The largest absolute Gasteiger partial charge is 0.543 e. The Morgan fingerprint density at radius 1 is 1.31 bits per heavy atom. The van der Waals surface area contributed by atoms with Crippen molar-refractivity contribution in [1.29, 1.82) is 0 Å². The number of thioether (sulfide) groups is 1. The van der Waals surface area contributed by atoms with Crippen LogP contribution in [0.25, 0.3) is 5.65 Å². The van der Waals surface area contributed by atoms with Crippen LogP contribution in [0.5, 0.6) is 0 Å². The average Bonchev–Trinajstić information content (AvgIpc) is 3.83. The van der Waals surface area contributed by atoms with Crippen molar-refractivity contribution in [2.75, 3.05) is 11.5 Å². The van der Waals surface area contributed by atoms with Crippen LogP contribution in [0.15, 0.2) is 68.2 Å². The molecule has 1 saturated heterocycles. The lowest BCUT2D eigenvalue weighted by atomic mass is 10.0. The minimum absolute atomic E-state index is 0.00273. The quantitative estimate of drug-likeness (QED) is 0.0361. The number of carboxylic acids is 2. The number of oxime groups is 1. The van der Waals surface area contributed by atoms with Gasteiger partial charge in [-0.25, -0.2) is 24.0 Å². The summed E-state index contributed by atoms with van der Waals surface area (Å²) >= 11 is 2.27. The second-order valence-electron chi connectivity index (χ2n) is 11.4. The van der Waals surface area contributed by atoms with Crippen LogP contribution in [-0.4, -0.2) is 82.4 Å². The first-order valence-corrected chi connectivity index (χ1v) is 16.3. The van der Waals surface area contributed by atoms with Crippen molar-refractivity contribution < 1.29 is 43.2 Å². The molecule has 8 N–H and O–H groups in total. The van der Waals surface area contributed by atoms with E-state index in [2.05, 4.69) is 20.4 Å². The summed E-state index contributed by atoms with van der Waals surface area (Å²) in [4.78, 5) is 64.8. The van der Waals surface area contributed by atoms with Crippen molar-refractivity contribution in [3.05, 3.63) is 65.1 Å². The number of anilines is 1. The molecule has 19 nitrogen and oxygen atoms in total. The van der Waals surface area contributed by atoms with Gasteiger partial charge < -0.3 is 46.8 Å². The lowest BCUT2D eigenvalue weighted by molar-refractivity contribution is -0.663. The van der Waals surface area contributed by atoms with Gasteiger partial charge in [0.15, 0.2) is 23.0 Å². The van der Waals surface area contributed by atoms with Gasteiger partial charge in [0, 0.05) is 17.2 Å². The number of aromatic nitrogens is 4. The molecule has 0 aromatic carbocycles. The van der Waals surface area contributed by atoms with Gasteiger partial charge in [0.05, 0.1) is 30.5 Å². The fourth-order valence-electron chi connectivity index (χ4n) is 5.13. The Labute approximate surface area is 284 Å². The number of carboxylic acid groups (broad SMARTS) is 2. The number of nitrogen functional groups attached to an aromatic ring is 1. The molecule has 49 heavy (non-hydrogen) atoms. The molecule has 2 amide bonds. The molecule has 6 heterocycles. The van der Waals surface area contributed by atoms with E-state index < -0.39 is 46.5 Å². The Morgan fingerprint density at radius 3 is 2.76 bits per heavy atom. The standard InChI is InChI=1S/C28H29N11O8S2/c1-28(2,25(44)45)47-35-18(16-12-49-27(31)33-16)21(40)34-19-22(41)39-20(24(42)43)13(11-48-23(19)39)8-37-4-3-17-36(5-6-38(17)37)9-15-7-14(10-46-15)32-26(29)30/h3-7,10,12,19,23H,8-9,11H2,1-2H3,(H8-,29,30,31,32,33,34,40,42,43,44,45)/b35-18-/t19-,23-/m1/s1. The third kappa shape index (κ3) is 6.39. The summed E-state index contributed by atoms with van der Waals surface area (Å²) in [6.45, 7) is 2.96. The molecule has 2 atom stereocenters. The maximum atomic E-state index is 13.4. The summed E-state index contributed by atoms with van der Waals surface area (Å²) in [7, 11) is 0. The third-order valence-corrected chi connectivity index (χ3v) is 9.57. The fourth-order valence-corrected chi connectivity index (χ4v) is 7.01. The van der Waals surface area contributed by atoms with Crippen molar-refractivity contribution in [2.45, 2.75) is 44.0 Å². The number of nitrogens with two attached hydrogens (primary N) is 3. The van der Waals surface area contributed by atoms with Crippen LogP contribution >= 0.6 is 23.1 Å². The zero-order chi connectivity index (χ0) is 35.2. The summed E-state index contributed by atoms with van der Waals surface area (Å²) < 4.78 is 11.1. The second-order valence-corrected chi connectivity index (χ2v) is 13.4. The van der Waals surface area contributed by atoms with Gasteiger partial charge in [-0.15, -0.1) is 27.6 Å². The van der Waals surface area contributed by atoms with Crippen molar-refractivity contribution >= 4 is 75.0 Å². The SMILES string of the molecule is CC(C)(O/N=C(\C(=O)N[C@@H]1C(=O)N2C(C(=O)[O-])=C(Cn3ccc4n3cc[n+]4Cc3cc(N=C(N)N)co3)CS[C@H]12)c1csc(N)n1)C(=O)O. The molecular weight excluding hydrogens is 683 g/mol. The minimum atomic E-state index is -1.79. The average molecular weight is 712 g/mol. The number of nitrogens with zero attached hydrogens (tertiary/aromatic N) is 7. The van der Waals surface area contributed by atoms with E-state index in [0.717, 1.165) is 21.9 Å². The predicted molar refractivity (Wildman–Crippen MR) is 172 cm³/mol. The number of aliphatic imine (C=N–C) groups is 1. The summed E-state index contributed by atoms with van der Waals surface area (Å²) in [5.74, 6) is -3.72. The van der Waals surface area contributed by atoms with Crippen LogP contribution in [0.3, 0.4) is 0 Å². The number of hydrogen-bond donors (Lipinski definition) is 5. The van der Waals surface area contributed by atoms with Gasteiger partial charge in [-0.3, -0.25) is 14.5 Å². The number of thiazole rings is 1. The molecule has 0 radical (unpaired) electrons. The van der Waals surface area contributed by atoms with E-state index in [1.54, 1.807) is 23.1 Å². The zero-order valence-electron chi connectivity index (χ0n) is 25.8. The van der Waals surface area contributed by atoms with Crippen LogP contribution in [0.4, 0.5) is 10.8 Å². The highest BCUT2D eigenvalue weighted by atomic mass is 32.2. The molecule has 6 rings (SSSR count). The first-order valence-electron chi connectivity index (χ1n) is 14.4. The van der Waals surface area contributed by atoms with Crippen LogP contribution in [-0.2, 0) is 37.1 Å². The van der Waals surface area contributed by atoms with Crippen LogP contribution in [0, 0.1) is 0 Å². The Bertz CT molecular complexity index is 2080. The van der Waals surface area contributed by atoms with E-state index in [-0.39, 0.29) is 34.8 Å². The van der Waals surface area contributed by atoms with E-state index in [9.17, 15) is 29.4 Å². The molecule has 0 saturated carbocycles. The number of furan rings is 1. The second kappa shape index (κ2) is 12.6. The number of guanidine groups is 1. The van der Waals surface area contributed by atoms with E-state index >= 15 is 0 Å².